The highest BCUT2D eigenvalue weighted by atomic mass is 16.3. The number of hydrogen-bond donors (Lipinski definition) is 3. The summed E-state index contributed by atoms with van der Waals surface area (Å²) >= 11 is 0. The van der Waals surface area contributed by atoms with Crippen LogP contribution < -0.4 is 16.0 Å². The van der Waals surface area contributed by atoms with Gasteiger partial charge in [0.1, 0.15) is 11.8 Å². The zero-order valence-electron chi connectivity index (χ0n) is 15.8. The summed E-state index contributed by atoms with van der Waals surface area (Å²) < 4.78 is 0. The minimum Gasteiger partial charge on any atom is -0.508 e. The Balaban J connectivity index is 1.77. The summed E-state index contributed by atoms with van der Waals surface area (Å²) in [5, 5.41) is 12.4. The normalized spacial score (nSPS) is 11.6. The second-order valence-corrected chi connectivity index (χ2v) is 6.68. The van der Waals surface area contributed by atoms with Crippen LogP contribution >= 0.6 is 0 Å². The third-order valence-corrected chi connectivity index (χ3v) is 4.36. The highest BCUT2D eigenvalue weighted by molar-refractivity contribution is 5.82. The van der Waals surface area contributed by atoms with E-state index >= 15 is 0 Å². The fraction of sp³-hybridized carbons (Fsp3) is 0.190. The fourth-order valence-electron chi connectivity index (χ4n) is 2.77. The molecule has 1 atom stereocenters. The van der Waals surface area contributed by atoms with Gasteiger partial charge in [0.2, 0.25) is 11.9 Å². The van der Waals surface area contributed by atoms with Crippen LogP contribution in [0.3, 0.4) is 0 Å². The molecule has 28 heavy (non-hydrogen) atoms. The van der Waals surface area contributed by atoms with Gasteiger partial charge in [-0.25, -0.2) is 9.97 Å². The Labute approximate surface area is 163 Å². The predicted octanol–water partition coefficient (Wildman–Crippen LogP) is 2.42. The first-order valence-corrected chi connectivity index (χ1v) is 8.87. The van der Waals surface area contributed by atoms with Gasteiger partial charge in [-0.1, -0.05) is 24.3 Å². The van der Waals surface area contributed by atoms with E-state index in [1.165, 1.54) is 0 Å². The minimum atomic E-state index is -0.670. The zero-order chi connectivity index (χ0) is 20.1. The van der Waals surface area contributed by atoms with Gasteiger partial charge in [-0.15, -0.1) is 0 Å². The monoisotopic (exact) mass is 377 g/mol. The number of aromatic hydroxyl groups is 1. The molecule has 3 rings (SSSR count). The van der Waals surface area contributed by atoms with Crippen molar-refractivity contribution >= 4 is 17.5 Å². The van der Waals surface area contributed by atoms with Crippen LogP contribution in [0, 0.1) is 0 Å². The van der Waals surface area contributed by atoms with Gasteiger partial charge < -0.3 is 21.1 Å². The van der Waals surface area contributed by atoms with Crippen molar-refractivity contribution in [2.45, 2.75) is 12.5 Å². The number of phenolic OH excluding ortho intramolecular Hbond substituents is 1. The summed E-state index contributed by atoms with van der Waals surface area (Å²) in [6.07, 6.45) is 2.00. The van der Waals surface area contributed by atoms with E-state index in [1.807, 2.05) is 49.3 Å². The Morgan fingerprint density at radius 2 is 1.79 bits per heavy atom. The number of rotatable bonds is 7. The quantitative estimate of drug-likeness (QED) is 0.584. The molecule has 7 nitrogen and oxygen atoms in total. The first kappa shape index (κ1) is 19.2. The van der Waals surface area contributed by atoms with Crippen molar-refractivity contribution in [2.24, 2.45) is 5.73 Å². The molecule has 0 aliphatic carbocycles. The molecule has 0 fully saturated rings. The first-order chi connectivity index (χ1) is 13.4. The molecule has 3 aromatic rings. The molecule has 0 saturated heterocycles. The molecule has 0 aliphatic heterocycles. The number of aromatic nitrogens is 2. The van der Waals surface area contributed by atoms with Crippen molar-refractivity contribution in [3.8, 4) is 17.0 Å². The van der Waals surface area contributed by atoms with Gasteiger partial charge in [-0.05, 0) is 35.9 Å². The van der Waals surface area contributed by atoms with Crippen LogP contribution in [0.1, 0.15) is 5.56 Å². The Morgan fingerprint density at radius 3 is 2.39 bits per heavy atom. The molecule has 4 N–H and O–H groups in total. The lowest BCUT2D eigenvalue weighted by Crippen LogP contribution is -2.37. The Hall–Kier alpha value is -3.61. The van der Waals surface area contributed by atoms with E-state index in [0.29, 0.717) is 12.4 Å². The van der Waals surface area contributed by atoms with Crippen LogP contribution in [0.15, 0.2) is 60.8 Å². The second-order valence-electron chi connectivity index (χ2n) is 6.68. The number of hydrogen-bond acceptors (Lipinski definition) is 6. The van der Waals surface area contributed by atoms with Crippen LogP contribution in [0.2, 0.25) is 0 Å². The molecule has 0 saturated carbocycles. The van der Waals surface area contributed by atoms with E-state index in [9.17, 15) is 9.90 Å². The topological polar surface area (TPSA) is 104 Å². The van der Waals surface area contributed by atoms with E-state index in [0.717, 1.165) is 22.5 Å². The lowest BCUT2D eigenvalue weighted by Gasteiger charge is -2.16. The maximum atomic E-state index is 11.9. The molecule has 1 amide bonds. The number of carbonyl (C=O) groups is 1. The largest absolute Gasteiger partial charge is 0.508 e. The first-order valence-electron chi connectivity index (χ1n) is 8.87. The molecule has 0 aliphatic rings. The number of anilines is 2. The van der Waals surface area contributed by atoms with Gasteiger partial charge in [-0.3, -0.25) is 4.79 Å². The number of nitrogens with two attached hydrogens (primary N) is 1. The molecular weight excluding hydrogens is 354 g/mol. The van der Waals surface area contributed by atoms with E-state index < -0.39 is 11.9 Å². The smallest absolute Gasteiger partial charge is 0.240 e. The van der Waals surface area contributed by atoms with Crippen LogP contribution in [0.4, 0.5) is 11.6 Å². The summed E-state index contributed by atoms with van der Waals surface area (Å²) in [4.78, 5) is 22.6. The van der Waals surface area contributed by atoms with Crippen molar-refractivity contribution in [2.75, 3.05) is 24.3 Å². The number of nitrogens with one attached hydrogen (secondary N) is 1. The van der Waals surface area contributed by atoms with Crippen LogP contribution in [0.5, 0.6) is 5.75 Å². The summed E-state index contributed by atoms with van der Waals surface area (Å²) in [6.45, 7) is 0. The summed E-state index contributed by atoms with van der Waals surface area (Å²) in [5.41, 5.74) is 9.20. The molecule has 0 unspecified atom stereocenters. The van der Waals surface area contributed by atoms with Crippen molar-refractivity contribution in [3.05, 3.63) is 66.4 Å². The number of carbonyl (C=O) groups excluding carboxylic acids is 1. The lowest BCUT2D eigenvalue weighted by atomic mass is 10.1. The molecule has 0 bridgehead atoms. The molecule has 7 heteroatoms. The third kappa shape index (κ3) is 4.76. The van der Waals surface area contributed by atoms with Crippen LogP contribution in [-0.2, 0) is 11.2 Å². The average molecular weight is 377 g/mol. The minimum absolute atomic E-state index is 0.170. The average Bonchev–Trinajstić information content (AvgIpc) is 2.69. The molecule has 1 heterocycles. The highest BCUT2D eigenvalue weighted by Gasteiger charge is 2.17. The van der Waals surface area contributed by atoms with E-state index in [-0.39, 0.29) is 5.75 Å². The van der Waals surface area contributed by atoms with E-state index in [1.54, 1.807) is 30.5 Å². The number of benzene rings is 2. The Kier molecular flexibility index (Phi) is 5.74. The molecule has 144 valence electrons. The predicted molar refractivity (Wildman–Crippen MR) is 110 cm³/mol. The fourth-order valence-corrected chi connectivity index (χ4v) is 2.77. The van der Waals surface area contributed by atoms with Crippen LogP contribution in [-0.4, -0.2) is 41.1 Å². The molecule has 0 radical (unpaired) electrons. The van der Waals surface area contributed by atoms with Crippen LogP contribution in [0.25, 0.3) is 11.3 Å². The standard InChI is InChI=1S/C21H23N5O2/c1-26(2)16-7-5-15(6-8-16)18-11-12-23-21(24-18)25-19(20(22)28)13-14-3-9-17(27)10-4-14/h3-12,19,27H,13H2,1-2H3,(H2,22,28)(H,23,24,25)/t19-/m0/s1. The number of nitrogens with zero attached hydrogens (tertiary/aromatic N) is 3. The zero-order valence-corrected chi connectivity index (χ0v) is 15.8. The molecular formula is C21H23N5O2. The maximum Gasteiger partial charge on any atom is 0.240 e. The van der Waals surface area contributed by atoms with Gasteiger partial charge >= 0.3 is 0 Å². The highest BCUT2D eigenvalue weighted by Crippen LogP contribution is 2.21. The Bertz CT molecular complexity index is 940. The molecule has 0 spiro atoms. The maximum absolute atomic E-state index is 11.9. The van der Waals surface area contributed by atoms with E-state index in [2.05, 4.69) is 15.3 Å². The second kappa shape index (κ2) is 8.39. The number of primary amides is 1. The lowest BCUT2D eigenvalue weighted by molar-refractivity contribution is -0.118. The van der Waals surface area contributed by atoms with Gasteiger partial charge in [-0.2, -0.15) is 0 Å². The van der Waals surface area contributed by atoms with Crippen molar-refractivity contribution in [1.29, 1.82) is 0 Å². The van der Waals surface area contributed by atoms with Crippen molar-refractivity contribution in [3.63, 3.8) is 0 Å². The Morgan fingerprint density at radius 1 is 1.11 bits per heavy atom. The number of phenols is 1. The van der Waals surface area contributed by atoms with Crippen molar-refractivity contribution in [1.82, 2.24) is 9.97 Å². The van der Waals surface area contributed by atoms with E-state index in [4.69, 9.17) is 5.73 Å². The molecule has 2 aromatic carbocycles. The summed E-state index contributed by atoms with van der Waals surface area (Å²) in [7, 11) is 3.97. The number of amides is 1. The van der Waals surface area contributed by atoms with Gasteiger partial charge in [0.25, 0.3) is 0 Å². The summed E-state index contributed by atoms with van der Waals surface area (Å²) in [5.74, 6) is -0.00201. The van der Waals surface area contributed by atoms with Gasteiger partial charge in [0.05, 0.1) is 5.69 Å². The van der Waals surface area contributed by atoms with Crippen molar-refractivity contribution < 1.29 is 9.90 Å². The SMILES string of the molecule is CN(C)c1ccc(-c2ccnc(N[C@@H](Cc3ccc(O)cc3)C(N)=O)n2)cc1. The van der Waals surface area contributed by atoms with Gasteiger partial charge in [0, 0.05) is 38.0 Å². The third-order valence-electron chi connectivity index (χ3n) is 4.36. The summed E-state index contributed by atoms with van der Waals surface area (Å²) in [6, 6.07) is 15.8. The van der Waals surface area contributed by atoms with Gasteiger partial charge in [0.15, 0.2) is 0 Å². The molecule has 1 aromatic heterocycles.